The second kappa shape index (κ2) is 17.9. The lowest BCUT2D eigenvalue weighted by molar-refractivity contribution is 0.159. The lowest BCUT2D eigenvalue weighted by atomic mass is 10.1. The molecular weight excluding hydrogens is 430 g/mol. The van der Waals surface area contributed by atoms with Gasteiger partial charge in [0.1, 0.15) is 11.5 Å². The van der Waals surface area contributed by atoms with E-state index < -0.39 is 0 Å². The third-order valence-electron chi connectivity index (χ3n) is 5.66. The molecule has 0 bridgehead atoms. The Labute approximate surface area is 204 Å². The molecule has 2 N–H and O–H groups in total. The summed E-state index contributed by atoms with van der Waals surface area (Å²) in [5.74, 6) is 1.66. The third-order valence-corrected chi connectivity index (χ3v) is 5.66. The van der Waals surface area contributed by atoms with Crippen molar-refractivity contribution in [3.63, 3.8) is 0 Å². The van der Waals surface area contributed by atoms with Gasteiger partial charge in [-0.15, -0.1) is 0 Å². The normalized spacial score (nSPS) is 11.4. The maximum Gasteiger partial charge on any atom is 0.119 e. The lowest BCUT2D eigenvalue weighted by Crippen LogP contribution is -2.30. The number of aliphatic hydroxyl groups is 2. The van der Waals surface area contributed by atoms with Crippen LogP contribution in [0.3, 0.4) is 0 Å². The number of benzene rings is 2. The van der Waals surface area contributed by atoms with E-state index in [1.807, 2.05) is 48.5 Å². The number of unbranched alkanes of at least 4 members (excludes halogenated alkanes) is 7. The Hall–Kier alpha value is -2.48. The van der Waals surface area contributed by atoms with E-state index >= 15 is 0 Å². The minimum atomic E-state index is 0.159. The highest BCUT2D eigenvalue weighted by molar-refractivity contribution is 5.44. The van der Waals surface area contributed by atoms with Crippen molar-refractivity contribution < 1.29 is 19.7 Å². The van der Waals surface area contributed by atoms with Crippen LogP contribution in [0.25, 0.3) is 0 Å². The van der Waals surface area contributed by atoms with Crippen molar-refractivity contribution in [2.45, 2.75) is 51.4 Å². The van der Waals surface area contributed by atoms with Crippen LogP contribution >= 0.6 is 0 Å². The van der Waals surface area contributed by atoms with Crippen LogP contribution in [0, 0.1) is 0 Å². The molecule has 0 atom stereocenters. The van der Waals surface area contributed by atoms with E-state index in [9.17, 15) is 0 Å². The SMILES string of the molecule is COc1ccc(N=Nc2ccc(OCCCCCCCCCCN(CCO)CCO)cc2)cc1. The Morgan fingerprint density at radius 3 is 1.59 bits per heavy atom. The van der Waals surface area contributed by atoms with Crippen molar-refractivity contribution in [1.82, 2.24) is 4.90 Å². The van der Waals surface area contributed by atoms with E-state index in [2.05, 4.69) is 15.1 Å². The summed E-state index contributed by atoms with van der Waals surface area (Å²) >= 11 is 0. The van der Waals surface area contributed by atoms with Crippen LogP contribution in [-0.4, -0.2) is 61.7 Å². The minimum Gasteiger partial charge on any atom is -0.497 e. The molecule has 0 aliphatic rings. The van der Waals surface area contributed by atoms with Gasteiger partial charge in [0.15, 0.2) is 0 Å². The molecular formula is C27H41N3O4. The monoisotopic (exact) mass is 471 g/mol. The maximum atomic E-state index is 9.03. The molecule has 0 amide bonds. The van der Waals surface area contributed by atoms with E-state index in [4.69, 9.17) is 19.7 Å². The highest BCUT2D eigenvalue weighted by Crippen LogP contribution is 2.23. The van der Waals surface area contributed by atoms with Gasteiger partial charge in [0.05, 0.1) is 38.3 Å². The molecule has 0 heterocycles. The standard InChI is InChI=1S/C27H41N3O4/c1-33-26-14-10-24(11-15-26)28-29-25-12-16-27(17-13-25)34-23-9-7-5-3-2-4-6-8-18-30(19-21-31)20-22-32/h10-17,31-32H,2-9,18-23H2,1H3. The molecule has 0 unspecified atom stereocenters. The van der Waals surface area contributed by atoms with Gasteiger partial charge in [0, 0.05) is 13.1 Å². The Balaban J connectivity index is 1.48. The quantitative estimate of drug-likeness (QED) is 0.197. The zero-order valence-electron chi connectivity index (χ0n) is 20.6. The zero-order chi connectivity index (χ0) is 24.3. The highest BCUT2D eigenvalue weighted by atomic mass is 16.5. The second-order valence-corrected chi connectivity index (χ2v) is 8.36. The average molecular weight is 472 g/mol. The van der Waals surface area contributed by atoms with Crippen LogP contribution in [-0.2, 0) is 0 Å². The number of rotatable bonds is 19. The minimum absolute atomic E-state index is 0.159. The molecule has 0 radical (unpaired) electrons. The molecule has 188 valence electrons. The largest absolute Gasteiger partial charge is 0.497 e. The Morgan fingerprint density at radius 2 is 1.09 bits per heavy atom. The Morgan fingerprint density at radius 1 is 0.618 bits per heavy atom. The zero-order valence-corrected chi connectivity index (χ0v) is 20.6. The molecule has 2 aromatic rings. The van der Waals surface area contributed by atoms with Crippen molar-refractivity contribution in [2.24, 2.45) is 10.2 Å². The summed E-state index contributed by atoms with van der Waals surface area (Å²) in [7, 11) is 1.64. The van der Waals surface area contributed by atoms with Crippen molar-refractivity contribution in [1.29, 1.82) is 0 Å². The molecule has 0 fully saturated rings. The molecule has 0 saturated heterocycles. The number of nitrogens with zero attached hydrogens (tertiary/aromatic N) is 3. The first-order valence-electron chi connectivity index (χ1n) is 12.5. The predicted octanol–water partition coefficient (Wildman–Crippen LogP) is 5.90. The van der Waals surface area contributed by atoms with Gasteiger partial charge >= 0.3 is 0 Å². The van der Waals surface area contributed by atoms with Gasteiger partial charge in [-0.1, -0.05) is 38.5 Å². The number of ether oxygens (including phenoxy) is 2. The van der Waals surface area contributed by atoms with Gasteiger partial charge in [0.2, 0.25) is 0 Å². The van der Waals surface area contributed by atoms with Gasteiger partial charge in [-0.3, -0.25) is 4.90 Å². The molecule has 34 heavy (non-hydrogen) atoms. The number of methoxy groups -OCH3 is 1. The summed E-state index contributed by atoms with van der Waals surface area (Å²) < 4.78 is 11.0. The third kappa shape index (κ3) is 12.1. The second-order valence-electron chi connectivity index (χ2n) is 8.36. The van der Waals surface area contributed by atoms with Crippen LogP contribution in [0.15, 0.2) is 58.8 Å². The molecule has 0 aliphatic heterocycles. The number of azo groups is 1. The van der Waals surface area contributed by atoms with Gasteiger partial charge < -0.3 is 19.7 Å². The topological polar surface area (TPSA) is 86.9 Å². The first-order valence-corrected chi connectivity index (χ1v) is 12.5. The number of hydrogen-bond acceptors (Lipinski definition) is 7. The Kier molecular flexibility index (Phi) is 14.6. The van der Waals surface area contributed by atoms with E-state index in [1.54, 1.807) is 7.11 Å². The van der Waals surface area contributed by atoms with Crippen LogP contribution in [0.2, 0.25) is 0 Å². The number of hydrogen-bond donors (Lipinski definition) is 2. The maximum absolute atomic E-state index is 9.03. The summed E-state index contributed by atoms with van der Waals surface area (Å²) in [4.78, 5) is 2.13. The molecule has 7 nitrogen and oxygen atoms in total. The smallest absolute Gasteiger partial charge is 0.119 e. The average Bonchev–Trinajstić information content (AvgIpc) is 2.87. The van der Waals surface area contributed by atoms with E-state index in [0.717, 1.165) is 48.9 Å². The van der Waals surface area contributed by atoms with Crippen molar-refractivity contribution in [3.8, 4) is 11.5 Å². The summed E-state index contributed by atoms with van der Waals surface area (Å²) in [6.45, 7) is 3.33. The summed E-state index contributed by atoms with van der Waals surface area (Å²) in [6.07, 6.45) is 9.64. The fraction of sp³-hybridized carbons (Fsp3) is 0.556. The first kappa shape index (κ1) is 27.8. The first-order chi connectivity index (χ1) is 16.7. The molecule has 2 aromatic carbocycles. The number of aliphatic hydroxyl groups excluding tert-OH is 2. The van der Waals surface area contributed by atoms with Crippen LogP contribution in [0.4, 0.5) is 11.4 Å². The molecule has 0 aromatic heterocycles. The van der Waals surface area contributed by atoms with E-state index in [0.29, 0.717) is 13.1 Å². The van der Waals surface area contributed by atoms with Gasteiger partial charge in [-0.2, -0.15) is 10.2 Å². The van der Waals surface area contributed by atoms with E-state index in [-0.39, 0.29) is 13.2 Å². The fourth-order valence-corrected chi connectivity index (χ4v) is 3.68. The highest BCUT2D eigenvalue weighted by Gasteiger charge is 2.02. The predicted molar refractivity (Wildman–Crippen MR) is 137 cm³/mol. The summed E-state index contributed by atoms with van der Waals surface area (Å²) in [5.41, 5.74) is 1.57. The Bertz CT molecular complexity index is 775. The molecule has 7 heteroatoms. The van der Waals surface area contributed by atoms with Crippen LogP contribution < -0.4 is 9.47 Å². The molecule has 0 saturated carbocycles. The van der Waals surface area contributed by atoms with Crippen molar-refractivity contribution >= 4 is 11.4 Å². The summed E-state index contributed by atoms with van der Waals surface area (Å²) in [5, 5.41) is 26.6. The van der Waals surface area contributed by atoms with Crippen LogP contribution in [0.5, 0.6) is 11.5 Å². The molecule has 0 spiro atoms. The summed E-state index contributed by atoms with van der Waals surface area (Å²) in [6, 6.07) is 15.2. The van der Waals surface area contributed by atoms with Gasteiger partial charge in [-0.05, 0) is 67.9 Å². The van der Waals surface area contributed by atoms with Gasteiger partial charge in [0.25, 0.3) is 0 Å². The van der Waals surface area contributed by atoms with Gasteiger partial charge in [-0.25, -0.2) is 0 Å². The molecule has 0 aliphatic carbocycles. The van der Waals surface area contributed by atoms with Crippen molar-refractivity contribution in [3.05, 3.63) is 48.5 Å². The fourth-order valence-electron chi connectivity index (χ4n) is 3.68. The molecule has 2 rings (SSSR count). The van der Waals surface area contributed by atoms with E-state index in [1.165, 1.54) is 38.5 Å². The van der Waals surface area contributed by atoms with Crippen LogP contribution in [0.1, 0.15) is 51.4 Å². The van der Waals surface area contributed by atoms with Crippen molar-refractivity contribution in [2.75, 3.05) is 46.6 Å². The lowest BCUT2D eigenvalue weighted by Gasteiger charge is -2.19.